The lowest BCUT2D eigenvalue weighted by molar-refractivity contribution is 0.546. The summed E-state index contributed by atoms with van der Waals surface area (Å²) in [4.78, 5) is 2.15. The summed E-state index contributed by atoms with van der Waals surface area (Å²) in [5.41, 5.74) is 2.11. The van der Waals surface area contributed by atoms with Gasteiger partial charge in [0.1, 0.15) is 0 Å². The Kier molecular flexibility index (Phi) is 5.69. The fourth-order valence-electron chi connectivity index (χ4n) is 2.16. The molecule has 0 amide bonds. The second-order valence-corrected chi connectivity index (χ2v) is 5.49. The van der Waals surface area contributed by atoms with Crippen LogP contribution < -0.4 is 10.2 Å². The highest BCUT2D eigenvalue weighted by Crippen LogP contribution is 2.21. The summed E-state index contributed by atoms with van der Waals surface area (Å²) in [5, 5.41) is 12.1. The zero-order chi connectivity index (χ0) is 15.1. The third-order valence-electron chi connectivity index (χ3n) is 3.23. The lowest BCUT2D eigenvalue weighted by atomic mass is 10.2. The van der Waals surface area contributed by atoms with Crippen LogP contribution in [0.1, 0.15) is 26.5 Å². The van der Waals surface area contributed by atoms with Crippen molar-refractivity contribution in [3.8, 4) is 0 Å². The number of para-hydroxylation sites is 1. The highest BCUT2D eigenvalue weighted by atomic mass is 15.3. The first-order valence-corrected chi connectivity index (χ1v) is 7.56. The van der Waals surface area contributed by atoms with E-state index in [4.69, 9.17) is 0 Å². The van der Waals surface area contributed by atoms with Crippen molar-refractivity contribution in [2.45, 2.75) is 27.3 Å². The summed E-state index contributed by atoms with van der Waals surface area (Å²) in [6.07, 6.45) is 0. The molecule has 0 atom stereocenters. The van der Waals surface area contributed by atoms with Gasteiger partial charge in [0, 0.05) is 18.8 Å². The van der Waals surface area contributed by atoms with Crippen molar-refractivity contribution in [2.75, 3.05) is 18.0 Å². The monoisotopic (exact) mass is 284 g/mol. The number of nitrogens with zero attached hydrogens (tertiary/aromatic N) is 3. The van der Waals surface area contributed by atoms with Gasteiger partial charge in [-0.05, 0) is 43.7 Å². The minimum atomic E-state index is 0.644. The van der Waals surface area contributed by atoms with Gasteiger partial charge in [-0.3, -0.25) is 0 Å². The molecule has 4 heteroatoms. The molecule has 0 aliphatic heterocycles. The molecule has 1 heterocycles. The van der Waals surface area contributed by atoms with Crippen LogP contribution >= 0.6 is 0 Å². The Bertz CT molecular complexity index is 522. The van der Waals surface area contributed by atoms with E-state index in [0.29, 0.717) is 5.92 Å². The third-order valence-corrected chi connectivity index (χ3v) is 3.23. The first-order chi connectivity index (χ1) is 10.2. The zero-order valence-electron chi connectivity index (χ0n) is 13.1. The van der Waals surface area contributed by atoms with Crippen molar-refractivity contribution in [3.63, 3.8) is 0 Å². The van der Waals surface area contributed by atoms with Gasteiger partial charge in [0.25, 0.3) is 0 Å². The zero-order valence-corrected chi connectivity index (χ0v) is 13.1. The molecule has 2 rings (SSSR count). The van der Waals surface area contributed by atoms with Crippen molar-refractivity contribution < 1.29 is 0 Å². The van der Waals surface area contributed by atoms with Crippen molar-refractivity contribution in [1.29, 1.82) is 0 Å². The van der Waals surface area contributed by atoms with Crippen molar-refractivity contribution in [2.24, 2.45) is 5.92 Å². The molecule has 1 aromatic heterocycles. The fourth-order valence-corrected chi connectivity index (χ4v) is 2.16. The van der Waals surface area contributed by atoms with Gasteiger partial charge in [-0.1, -0.05) is 32.0 Å². The number of hydrogen-bond donors (Lipinski definition) is 1. The molecule has 0 radical (unpaired) electrons. The highest BCUT2D eigenvalue weighted by molar-refractivity contribution is 5.59. The molecule has 112 valence electrons. The van der Waals surface area contributed by atoms with Gasteiger partial charge >= 0.3 is 0 Å². The van der Waals surface area contributed by atoms with E-state index in [0.717, 1.165) is 36.8 Å². The van der Waals surface area contributed by atoms with E-state index in [1.807, 2.05) is 30.3 Å². The van der Waals surface area contributed by atoms with E-state index in [2.05, 4.69) is 53.3 Å². The highest BCUT2D eigenvalue weighted by Gasteiger charge is 2.08. The molecule has 1 aromatic carbocycles. The summed E-state index contributed by atoms with van der Waals surface area (Å²) in [7, 11) is 0. The van der Waals surface area contributed by atoms with Gasteiger partial charge in [-0.25, -0.2) is 0 Å². The molecule has 2 aromatic rings. The standard InChI is InChI=1S/C17H24N4/c1-4-21(16-8-6-5-7-9-16)17-11-10-15(19-20-17)13-18-12-14(2)3/h5-11,14,18H,4,12-13H2,1-3H3. The van der Waals surface area contributed by atoms with Crippen molar-refractivity contribution in [1.82, 2.24) is 15.5 Å². The van der Waals surface area contributed by atoms with E-state index in [9.17, 15) is 0 Å². The van der Waals surface area contributed by atoms with Gasteiger partial charge in [0.15, 0.2) is 5.82 Å². The van der Waals surface area contributed by atoms with E-state index in [1.165, 1.54) is 0 Å². The van der Waals surface area contributed by atoms with Crippen LogP contribution in [-0.2, 0) is 6.54 Å². The van der Waals surface area contributed by atoms with Crippen molar-refractivity contribution in [3.05, 3.63) is 48.2 Å². The number of anilines is 2. The fraction of sp³-hybridized carbons (Fsp3) is 0.412. The largest absolute Gasteiger partial charge is 0.325 e. The Morgan fingerprint density at radius 2 is 1.81 bits per heavy atom. The maximum absolute atomic E-state index is 4.36. The molecule has 0 aliphatic rings. The lowest BCUT2D eigenvalue weighted by Crippen LogP contribution is -2.21. The normalized spacial score (nSPS) is 10.9. The molecule has 0 bridgehead atoms. The van der Waals surface area contributed by atoms with Crippen molar-refractivity contribution >= 4 is 11.5 Å². The Morgan fingerprint density at radius 3 is 2.38 bits per heavy atom. The molecular weight excluding hydrogens is 260 g/mol. The summed E-state index contributed by atoms with van der Waals surface area (Å²) in [6, 6.07) is 14.3. The van der Waals surface area contributed by atoms with Crippen LogP contribution in [0.15, 0.2) is 42.5 Å². The molecule has 4 nitrogen and oxygen atoms in total. The molecule has 0 saturated carbocycles. The minimum absolute atomic E-state index is 0.644. The SMILES string of the molecule is CCN(c1ccccc1)c1ccc(CNCC(C)C)nn1. The molecular formula is C17H24N4. The lowest BCUT2D eigenvalue weighted by Gasteiger charge is -2.21. The average Bonchev–Trinajstić information content (AvgIpc) is 2.50. The number of benzene rings is 1. The third kappa shape index (κ3) is 4.53. The Hall–Kier alpha value is -1.94. The van der Waals surface area contributed by atoms with Crippen LogP contribution in [0, 0.1) is 5.92 Å². The summed E-state index contributed by atoms with van der Waals surface area (Å²) < 4.78 is 0. The van der Waals surface area contributed by atoms with Crippen LogP contribution in [0.2, 0.25) is 0 Å². The maximum atomic E-state index is 4.36. The average molecular weight is 284 g/mol. The van der Waals surface area contributed by atoms with E-state index in [1.54, 1.807) is 0 Å². The van der Waals surface area contributed by atoms with Crippen LogP contribution in [0.25, 0.3) is 0 Å². The number of nitrogens with one attached hydrogen (secondary N) is 1. The number of rotatable bonds is 7. The molecule has 0 spiro atoms. The molecule has 0 fully saturated rings. The summed E-state index contributed by atoms with van der Waals surface area (Å²) >= 11 is 0. The Morgan fingerprint density at radius 1 is 1.05 bits per heavy atom. The van der Waals surface area contributed by atoms with E-state index >= 15 is 0 Å². The molecule has 0 unspecified atom stereocenters. The van der Waals surface area contributed by atoms with Crippen LogP contribution in [-0.4, -0.2) is 23.3 Å². The predicted octanol–water partition coefficient (Wildman–Crippen LogP) is 3.38. The van der Waals surface area contributed by atoms with E-state index < -0.39 is 0 Å². The van der Waals surface area contributed by atoms with Gasteiger partial charge < -0.3 is 10.2 Å². The second-order valence-electron chi connectivity index (χ2n) is 5.49. The maximum Gasteiger partial charge on any atom is 0.155 e. The van der Waals surface area contributed by atoms with Gasteiger partial charge in [-0.15, -0.1) is 5.10 Å². The van der Waals surface area contributed by atoms with Crippen LogP contribution in [0.3, 0.4) is 0 Å². The molecule has 1 N–H and O–H groups in total. The first kappa shape index (κ1) is 15.4. The van der Waals surface area contributed by atoms with Gasteiger partial charge in [0.2, 0.25) is 0 Å². The quantitative estimate of drug-likeness (QED) is 0.846. The molecule has 21 heavy (non-hydrogen) atoms. The van der Waals surface area contributed by atoms with Gasteiger partial charge in [-0.2, -0.15) is 5.10 Å². The summed E-state index contributed by atoms with van der Waals surface area (Å²) in [6.45, 7) is 9.13. The van der Waals surface area contributed by atoms with Crippen LogP contribution in [0.4, 0.5) is 11.5 Å². The Balaban J connectivity index is 2.03. The molecule has 0 aliphatic carbocycles. The van der Waals surface area contributed by atoms with Crippen LogP contribution in [0.5, 0.6) is 0 Å². The number of hydrogen-bond acceptors (Lipinski definition) is 4. The molecule has 0 saturated heterocycles. The minimum Gasteiger partial charge on any atom is -0.325 e. The predicted molar refractivity (Wildman–Crippen MR) is 87.7 cm³/mol. The van der Waals surface area contributed by atoms with Gasteiger partial charge in [0.05, 0.1) is 5.69 Å². The topological polar surface area (TPSA) is 41.0 Å². The summed E-state index contributed by atoms with van der Waals surface area (Å²) in [5.74, 6) is 1.53. The number of aromatic nitrogens is 2. The first-order valence-electron chi connectivity index (χ1n) is 7.56. The second kappa shape index (κ2) is 7.74. The smallest absolute Gasteiger partial charge is 0.155 e. The van der Waals surface area contributed by atoms with E-state index in [-0.39, 0.29) is 0 Å². The Labute approximate surface area is 127 Å².